The molecule has 124 valence electrons. The average molecular weight is 335 g/mol. The van der Waals surface area contributed by atoms with Crippen LogP contribution in [0.4, 0.5) is 4.79 Å². The zero-order valence-corrected chi connectivity index (χ0v) is 14.4. The van der Waals surface area contributed by atoms with E-state index in [0.29, 0.717) is 24.5 Å². The van der Waals surface area contributed by atoms with Crippen LogP contribution in [0.25, 0.3) is 0 Å². The molecule has 1 unspecified atom stereocenters. The largest absolute Gasteiger partial charge is 0.338 e. The number of amides is 2. The smallest absolute Gasteiger partial charge is 0.315 e. The molecule has 0 aromatic heterocycles. The summed E-state index contributed by atoms with van der Waals surface area (Å²) < 4.78 is 0. The average Bonchev–Trinajstić information content (AvgIpc) is 3.25. The van der Waals surface area contributed by atoms with E-state index < -0.39 is 0 Å². The van der Waals surface area contributed by atoms with Crippen molar-refractivity contribution < 1.29 is 4.79 Å². The lowest BCUT2D eigenvalue weighted by molar-refractivity contribution is 0.230. The van der Waals surface area contributed by atoms with E-state index in [1.807, 2.05) is 43.3 Å². The van der Waals surface area contributed by atoms with Crippen LogP contribution in [0, 0.1) is 16.7 Å². The quantitative estimate of drug-likeness (QED) is 0.805. The van der Waals surface area contributed by atoms with E-state index in [2.05, 4.69) is 16.7 Å². The van der Waals surface area contributed by atoms with Gasteiger partial charge in [-0.1, -0.05) is 23.7 Å². The number of nitrogens with zero attached hydrogens (tertiary/aromatic N) is 2. The number of carbonyl (C=O) groups is 1. The highest BCUT2D eigenvalue weighted by Crippen LogP contribution is 2.47. The normalized spacial score (nSPS) is 16.5. The van der Waals surface area contributed by atoms with Crippen molar-refractivity contribution in [2.24, 2.45) is 5.41 Å². The highest BCUT2D eigenvalue weighted by molar-refractivity contribution is 6.30. The first-order chi connectivity index (χ1) is 10.9. The number of hydrogen-bond donors (Lipinski definition) is 2. The summed E-state index contributed by atoms with van der Waals surface area (Å²) in [6.07, 6.45) is 2.53. The van der Waals surface area contributed by atoms with Gasteiger partial charge >= 0.3 is 6.03 Å². The van der Waals surface area contributed by atoms with E-state index >= 15 is 0 Å². The SMILES string of the molecule is CN(C)CC(NC(=O)NCC1(CC#N)CC1)c1ccc(Cl)cc1. The van der Waals surface area contributed by atoms with Crippen LogP contribution in [0.15, 0.2) is 24.3 Å². The Morgan fingerprint density at radius 1 is 1.39 bits per heavy atom. The summed E-state index contributed by atoms with van der Waals surface area (Å²) in [4.78, 5) is 14.2. The standard InChI is InChI=1S/C17H23ClN4O/c1-22(2)11-15(13-3-5-14(18)6-4-13)21-16(23)20-12-17(7-8-17)9-10-19/h3-6,15H,7-9,11-12H2,1-2H3,(H2,20,21,23). The minimum absolute atomic E-state index is 0.00338. The first-order valence-corrected chi connectivity index (χ1v) is 8.13. The molecule has 2 N–H and O–H groups in total. The Labute approximate surface area is 142 Å². The van der Waals surface area contributed by atoms with Crippen molar-refractivity contribution in [3.05, 3.63) is 34.9 Å². The van der Waals surface area contributed by atoms with Gasteiger partial charge in [0.05, 0.1) is 12.1 Å². The fourth-order valence-electron chi connectivity index (χ4n) is 2.53. The lowest BCUT2D eigenvalue weighted by atomic mass is 10.0. The Morgan fingerprint density at radius 2 is 2.04 bits per heavy atom. The second kappa shape index (κ2) is 7.67. The summed E-state index contributed by atoms with van der Waals surface area (Å²) in [7, 11) is 3.93. The van der Waals surface area contributed by atoms with Gasteiger partial charge in [0.2, 0.25) is 0 Å². The number of halogens is 1. The van der Waals surface area contributed by atoms with E-state index in [1.165, 1.54) is 0 Å². The van der Waals surface area contributed by atoms with Crippen LogP contribution < -0.4 is 10.6 Å². The highest BCUT2D eigenvalue weighted by atomic mass is 35.5. The van der Waals surface area contributed by atoms with Crippen molar-refractivity contribution in [2.75, 3.05) is 27.2 Å². The number of urea groups is 1. The van der Waals surface area contributed by atoms with Gasteiger partial charge in [-0.05, 0) is 44.6 Å². The van der Waals surface area contributed by atoms with Crippen LogP contribution in [0.3, 0.4) is 0 Å². The zero-order chi connectivity index (χ0) is 16.9. The van der Waals surface area contributed by atoms with Gasteiger partial charge in [-0.2, -0.15) is 5.26 Å². The number of rotatable bonds is 7. The minimum atomic E-state index is -0.198. The van der Waals surface area contributed by atoms with Crippen LogP contribution in [-0.2, 0) is 0 Å². The lowest BCUT2D eigenvalue weighted by Crippen LogP contribution is -2.43. The van der Waals surface area contributed by atoms with Crippen LogP contribution in [0.5, 0.6) is 0 Å². The van der Waals surface area contributed by atoms with E-state index in [-0.39, 0.29) is 17.5 Å². The van der Waals surface area contributed by atoms with Crippen molar-refractivity contribution in [3.63, 3.8) is 0 Å². The van der Waals surface area contributed by atoms with Crippen molar-refractivity contribution in [1.29, 1.82) is 5.26 Å². The maximum absolute atomic E-state index is 12.2. The third kappa shape index (κ3) is 5.42. The van der Waals surface area contributed by atoms with Gasteiger partial charge in [0.1, 0.15) is 0 Å². The number of benzene rings is 1. The molecule has 1 saturated carbocycles. The molecule has 0 heterocycles. The van der Waals surface area contributed by atoms with Gasteiger partial charge in [-0.15, -0.1) is 0 Å². The lowest BCUT2D eigenvalue weighted by Gasteiger charge is -2.23. The molecule has 1 aliphatic carbocycles. The Morgan fingerprint density at radius 3 is 2.57 bits per heavy atom. The van der Waals surface area contributed by atoms with E-state index in [1.54, 1.807) is 0 Å². The summed E-state index contributed by atoms with van der Waals surface area (Å²) in [5.74, 6) is 0. The van der Waals surface area contributed by atoms with Gasteiger partial charge in [-0.25, -0.2) is 4.79 Å². The van der Waals surface area contributed by atoms with Gasteiger partial charge in [-0.3, -0.25) is 0 Å². The maximum Gasteiger partial charge on any atom is 0.315 e. The number of nitrogens with one attached hydrogen (secondary N) is 2. The molecule has 1 aromatic rings. The first kappa shape index (κ1) is 17.6. The summed E-state index contributed by atoms with van der Waals surface area (Å²) >= 11 is 5.93. The van der Waals surface area contributed by atoms with Gasteiger partial charge in [0, 0.05) is 29.9 Å². The molecule has 0 saturated heterocycles. The molecule has 2 amide bonds. The van der Waals surface area contributed by atoms with E-state index in [0.717, 1.165) is 18.4 Å². The fraction of sp³-hybridized carbons (Fsp3) is 0.529. The van der Waals surface area contributed by atoms with E-state index in [4.69, 9.17) is 16.9 Å². The third-order valence-electron chi connectivity index (χ3n) is 4.16. The zero-order valence-electron chi connectivity index (χ0n) is 13.6. The van der Waals surface area contributed by atoms with Gasteiger partial charge in [0.15, 0.2) is 0 Å². The van der Waals surface area contributed by atoms with Crippen LogP contribution in [0.2, 0.25) is 5.02 Å². The molecule has 1 atom stereocenters. The second-order valence-corrected chi connectivity index (χ2v) is 6.96. The molecule has 0 aliphatic heterocycles. The third-order valence-corrected chi connectivity index (χ3v) is 4.41. The monoisotopic (exact) mass is 334 g/mol. The van der Waals surface area contributed by atoms with Crippen molar-refractivity contribution in [3.8, 4) is 6.07 Å². The summed E-state index contributed by atoms with van der Waals surface area (Å²) in [5, 5.41) is 15.4. The molecule has 1 aliphatic rings. The number of nitriles is 1. The van der Waals surface area contributed by atoms with Crippen molar-refractivity contribution >= 4 is 17.6 Å². The molecule has 5 nitrogen and oxygen atoms in total. The second-order valence-electron chi connectivity index (χ2n) is 6.53. The molecular weight excluding hydrogens is 312 g/mol. The molecule has 1 aromatic carbocycles. The predicted molar refractivity (Wildman–Crippen MR) is 91.2 cm³/mol. The molecule has 0 radical (unpaired) electrons. The van der Waals surface area contributed by atoms with Crippen LogP contribution in [0.1, 0.15) is 30.9 Å². The summed E-state index contributed by atoms with van der Waals surface area (Å²) in [6.45, 7) is 1.25. The molecule has 23 heavy (non-hydrogen) atoms. The number of likely N-dealkylation sites (N-methyl/N-ethyl adjacent to an activating group) is 1. The summed E-state index contributed by atoms with van der Waals surface area (Å²) in [5.41, 5.74) is 1.01. The Kier molecular flexibility index (Phi) is 5.86. The topological polar surface area (TPSA) is 68.2 Å². The van der Waals surface area contributed by atoms with Gasteiger partial charge < -0.3 is 15.5 Å². The minimum Gasteiger partial charge on any atom is -0.338 e. The molecular formula is C17H23ClN4O. The fourth-order valence-corrected chi connectivity index (χ4v) is 2.66. The maximum atomic E-state index is 12.2. The number of carbonyl (C=O) groups excluding carboxylic acids is 1. The first-order valence-electron chi connectivity index (χ1n) is 7.76. The van der Waals surface area contributed by atoms with Crippen LogP contribution >= 0.6 is 11.6 Å². The molecule has 2 rings (SSSR count). The van der Waals surface area contributed by atoms with E-state index in [9.17, 15) is 4.79 Å². The van der Waals surface area contributed by atoms with Crippen molar-refractivity contribution in [1.82, 2.24) is 15.5 Å². The molecule has 0 bridgehead atoms. The molecule has 0 spiro atoms. The number of hydrogen-bond acceptors (Lipinski definition) is 3. The van der Waals surface area contributed by atoms with Gasteiger partial charge in [0.25, 0.3) is 0 Å². The Hall–Kier alpha value is -1.77. The molecule has 6 heteroatoms. The predicted octanol–water partition coefficient (Wildman–Crippen LogP) is 2.94. The molecule has 1 fully saturated rings. The Bertz CT molecular complexity index is 575. The summed E-state index contributed by atoms with van der Waals surface area (Å²) in [6, 6.07) is 9.39. The van der Waals surface area contributed by atoms with Crippen molar-refractivity contribution in [2.45, 2.75) is 25.3 Å². The highest BCUT2D eigenvalue weighted by Gasteiger charge is 2.42. The Balaban J connectivity index is 1.93. The van der Waals surface area contributed by atoms with Crippen LogP contribution in [-0.4, -0.2) is 38.1 Å².